The van der Waals surface area contributed by atoms with E-state index in [0.29, 0.717) is 16.8 Å². The molecule has 1 aromatic carbocycles. The van der Waals surface area contributed by atoms with Crippen molar-refractivity contribution in [3.8, 4) is 0 Å². The van der Waals surface area contributed by atoms with Gasteiger partial charge in [0, 0.05) is 24.1 Å². The molecule has 3 unspecified atom stereocenters. The van der Waals surface area contributed by atoms with Crippen LogP contribution in [0.3, 0.4) is 0 Å². The standard InChI is InChI=1S/C16H22BrF2NO/c1-3-15-10(7-8-21-15)14(20-4-2)9-11-13(18)6-5-12(17)16(11)19/h5-6,10,14-15,20H,3-4,7-9H2,1-2H3. The molecule has 2 nitrogen and oxygen atoms in total. The molecule has 0 bridgehead atoms. The van der Waals surface area contributed by atoms with Crippen molar-refractivity contribution >= 4 is 15.9 Å². The topological polar surface area (TPSA) is 21.3 Å². The molecule has 1 heterocycles. The smallest absolute Gasteiger partial charge is 0.143 e. The lowest BCUT2D eigenvalue weighted by Gasteiger charge is -2.28. The second-order valence-corrected chi connectivity index (χ2v) is 6.31. The maximum atomic E-state index is 14.2. The van der Waals surface area contributed by atoms with Gasteiger partial charge in [0.15, 0.2) is 0 Å². The van der Waals surface area contributed by atoms with Crippen molar-refractivity contribution in [1.29, 1.82) is 0 Å². The molecule has 2 rings (SSSR count). The summed E-state index contributed by atoms with van der Waals surface area (Å²) in [5, 5.41) is 3.38. The first-order valence-electron chi connectivity index (χ1n) is 7.55. The number of nitrogens with one attached hydrogen (secondary N) is 1. The Morgan fingerprint density at radius 2 is 2.14 bits per heavy atom. The molecule has 0 spiro atoms. The summed E-state index contributed by atoms with van der Waals surface area (Å²) < 4.78 is 34.2. The van der Waals surface area contributed by atoms with E-state index in [4.69, 9.17) is 4.74 Å². The van der Waals surface area contributed by atoms with Gasteiger partial charge >= 0.3 is 0 Å². The van der Waals surface area contributed by atoms with Crippen LogP contribution in [0.5, 0.6) is 0 Å². The maximum Gasteiger partial charge on any atom is 0.143 e. The molecular weight excluding hydrogens is 340 g/mol. The molecule has 0 radical (unpaired) electrons. The number of benzene rings is 1. The van der Waals surface area contributed by atoms with Gasteiger partial charge in [0.25, 0.3) is 0 Å². The van der Waals surface area contributed by atoms with Gasteiger partial charge in [0.2, 0.25) is 0 Å². The van der Waals surface area contributed by atoms with Crippen molar-refractivity contribution in [2.75, 3.05) is 13.2 Å². The zero-order chi connectivity index (χ0) is 15.4. The summed E-state index contributed by atoms with van der Waals surface area (Å²) in [6.45, 7) is 5.60. The minimum Gasteiger partial charge on any atom is -0.378 e. The summed E-state index contributed by atoms with van der Waals surface area (Å²) in [6.07, 6.45) is 2.38. The Labute approximate surface area is 133 Å². The third-order valence-electron chi connectivity index (χ3n) is 4.21. The highest BCUT2D eigenvalue weighted by Crippen LogP contribution is 2.30. The van der Waals surface area contributed by atoms with Gasteiger partial charge in [-0.1, -0.05) is 13.8 Å². The predicted octanol–water partition coefficient (Wildman–Crippen LogP) is 4.06. The van der Waals surface area contributed by atoms with Gasteiger partial charge in [-0.2, -0.15) is 0 Å². The highest BCUT2D eigenvalue weighted by molar-refractivity contribution is 9.10. The van der Waals surface area contributed by atoms with Crippen molar-refractivity contribution in [2.24, 2.45) is 5.92 Å². The Balaban J connectivity index is 2.22. The van der Waals surface area contributed by atoms with Crippen LogP contribution in [0, 0.1) is 17.6 Å². The molecule has 118 valence electrons. The first kappa shape index (κ1) is 16.8. The lowest BCUT2D eigenvalue weighted by atomic mass is 9.87. The summed E-state index contributed by atoms with van der Waals surface area (Å²) in [7, 11) is 0. The minimum absolute atomic E-state index is 0.0285. The van der Waals surface area contributed by atoms with Crippen molar-refractivity contribution < 1.29 is 13.5 Å². The fraction of sp³-hybridized carbons (Fsp3) is 0.625. The van der Waals surface area contributed by atoms with Crippen molar-refractivity contribution in [3.63, 3.8) is 0 Å². The molecule has 5 heteroatoms. The third kappa shape index (κ3) is 3.82. The van der Waals surface area contributed by atoms with Crippen LogP contribution in [0.2, 0.25) is 0 Å². The molecule has 0 amide bonds. The van der Waals surface area contributed by atoms with Gasteiger partial charge < -0.3 is 10.1 Å². The Morgan fingerprint density at radius 3 is 2.81 bits per heavy atom. The van der Waals surface area contributed by atoms with Gasteiger partial charge in [-0.25, -0.2) is 8.78 Å². The first-order valence-corrected chi connectivity index (χ1v) is 8.35. The van der Waals surface area contributed by atoms with E-state index in [1.54, 1.807) is 0 Å². The van der Waals surface area contributed by atoms with Crippen LogP contribution in [0.25, 0.3) is 0 Å². The summed E-state index contributed by atoms with van der Waals surface area (Å²) in [6, 6.07) is 2.75. The van der Waals surface area contributed by atoms with Crippen LogP contribution >= 0.6 is 15.9 Å². The van der Waals surface area contributed by atoms with E-state index in [0.717, 1.165) is 26.0 Å². The zero-order valence-corrected chi connectivity index (χ0v) is 14.1. The molecule has 1 aromatic rings. The molecule has 1 aliphatic heterocycles. The first-order chi connectivity index (χ1) is 10.1. The van der Waals surface area contributed by atoms with Gasteiger partial charge in [0.05, 0.1) is 10.6 Å². The fourth-order valence-corrected chi connectivity index (χ4v) is 3.53. The van der Waals surface area contributed by atoms with E-state index in [9.17, 15) is 8.78 Å². The summed E-state index contributed by atoms with van der Waals surface area (Å²) in [5.41, 5.74) is 0.150. The molecule has 1 aliphatic rings. The van der Waals surface area contributed by atoms with Crippen LogP contribution in [0.4, 0.5) is 8.78 Å². The quantitative estimate of drug-likeness (QED) is 0.771. The second-order valence-electron chi connectivity index (χ2n) is 5.46. The van der Waals surface area contributed by atoms with E-state index < -0.39 is 11.6 Å². The van der Waals surface area contributed by atoms with E-state index >= 15 is 0 Å². The normalized spacial score (nSPS) is 23.5. The van der Waals surface area contributed by atoms with Crippen LogP contribution in [0.15, 0.2) is 16.6 Å². The Kier molecular flexibility index (Phi) is 6.14. The predicted molar refractivity (Wildman–Crippen MR) is 83.4 cm³/mol. The number of halogens is 3. The van der Waals surface area contributed by atoms with Gasteiger partial charge in [-0.15, -0.1) is 0 Å². The van der Waals surface area contributed by atoms with Crippen LogP contribution in [0.1, 0.15) is 32.3 Å². The Bertz CT molecular complexity index is 484. The molecule has 1 saturated heterocycles. The lowest BCUT2D eigenvalue weighted by Crippen LogP contribution is -2.41. The maximum absolute atomic E-state index is 14.2. The van der Waals surface area contributed by atoms with Crippen molar-refractivity contribution in [1.82, 2.24) is 5.32 Å². The largest absolute Gasteiger partial charge is 0.378 e. The van der Waals surface area contributed by atoms with E-state index in [1.165, 1.54) is 12.1 Å². The zero-order valence-electron chi connectivity index (χ0n) is 12.5. The molecule has 0 aliphatic carbocycles. The SMILES string of the molecule is CCNC(Cc1c(F)ccc(Br)c1F)C1CCOC1CC. The number of likely N-dealkylation sites (N-methyl/N-ethyl adjacent to an activating group) is 1. The van der Waals surface area contributed by atoms with E-state index in [1.807, 2.05) is 6.92 Å². The fourth-order valence-electron chi connectivity index (χ4n) is 3.16. The van der Waals surface area contributed by atoms with Crippen LogP contribution in [-0.4, -0.2) is 25.3 Å². The molecule has 1 N–H and O–H groups in total. The third-order valence-corrected chi connectivity index (χ3v) is 4.82. The van der Waals surface area contributed by atoms with Gasteiger partial charge in [-0.05, 0) is 53.9 Å². The van der Waals surface area contributed by atoms with E-state index in [-0.39, 0.29) is 17.7 Å². The molecule has 1 fully saturated rings. The van der Waals surface area contributed by atoms with Gasteiger partial charge in [-0.3, -0.25) is 0 Å². The molecule has 3 atom stereocenters. The summed E-state index contributed by atoms with van der Waals surface area (Å²) in [5.74, 6) is -0.678. The molecule has 0 aromatic heterocycles. The minimum atomic E-state index is -0.495. The second kappa shape index (κ2) is 7.65. The summed E-state index contributed by atoms with van der Waals surface area (Å²) in [4.78, 5) is 0. The monoisotopic (exact) mass is 361 g/mol. The Hall–Kier alpha value is -0.520. The molecular formula is C16H22BrF2NO. The van der Waals surface area contributed by atoms with E-state index in [2.05, 4.69) is 28.2 Å². The average molecular weight is 362 g/mol. The van der Waals surface area contributed by atoms with Gasteiger partial charge in [0.1, 0.15) is 11.6 Å². The highest BCUT2D eigenvalue weighted by atomic mass is 79.9. The number of hydrogen-bond donors (Lipinski definition) is 1. The number of ether oxygens (including phenoxy) is 1. The van der Waals surface area contributed by atoms with Crippen LogP contribution in [-0.2, 0) is 11.2 Å². The Morgan fingerprint density at radius 1 is 1.38 bits per heavy atom. The average Bonchev–Trinajstić information content (AvgIpc) is 2.95. The number of rotatable bonds is 6. The molecule has 21 heavy (non-hydrogen) atoms. The summed E-state index contributed by atoms with van der Waals surface area (Å²) >= 11 is 3.13. The lowest BCUT2D eigenvalue weighted by molar-refractivity contribution is 0.0774. The van der Waals surface area contributed by atoms with Crippen molar-refractivity contribution in [3.05, 3.63) is 33.8 Å². The van der Waals surface area contributed by atoms with Crippen molar-refractivity contribution in [2.45, 2.75) is 45.3 Å². The number of hydrogen-bond acceptors (Lipinski definition) is 2. The molecule has 0 saturated carbocycles. The highest BCUT2D eigenvalue weighted by Gasteiger charge is 2.34. The van der Waals surface area contributed by atoms with Crippen LogP contribution < -0.4 is 5.32 Å².